The van der Waals surface area contributed by atoms with Crippen molar-refractivity contribution in [3.63, 3.8) is 0 Å². The molecule has 0 spiro atoms. The van der Waals surface area contributed by atoms with Gasteiger partial charge in [-0.25, -0.2) is 9.78 Å². The predicted molar refractivity (Wildman–Crippen MR) is 69.2 cm³/mol. The van der Waals surface area contributed by atoms with Crippen LogP contribution in [0.1, 0.15) is 12.2 Å². The van der Waals surface area contributed by atoms with Crippen molar-refractivity contribution in [2.75, 3.05) is 19.8 Å². The average molecular weight is 282 g/mol. The smallest absolute Gasteiger partial charge is 0.315 e. The number of hydrogen-bond acceptors (Lipinski definition) is 4. The molecule has 1 fully saturated rings. The monoisotopic (exact) mass is 282 g/mol. The Kier molecular flexibility index (Phi) is 4.94. The van der Waals surface area contributed by atoms with Crippen LogP contribution in [-0.4, -0.2) is 52.9 Å². The Morgan fingerprint density at radius 1 is 1.50 bits per heavy atom. The number of aliphatic carboxylic acids is 1. The van der Waals surface area contributed by atoms with Gasteiger partial charge in [0, 0.05) is 25.4 Å². The van der Waals surface area contributed by atoms with E-state index in [0.717, 1.165) is 18.7 Å². The standard InChI is InChI=1S/C12H18N4O4/c17-11(18)8-6-20-7-9(8)16-12(19)15-3-1-2-10-13-4-5-14-10/h4-5,8-9H,1-3,6-7H2,(H,13,14)(H,17,18)(H2,15,16,19). The van der Waals surface area contributed by atoms with Crippen LogP contribution < -0.4 is 10.6 Å². The van der Waals surface area contributed by atoms with Crippen LogP contribution >= 0.6 is 0 Å². The van der Waals surface area contributed by atoms with Gasteiger partial charge in [-0.2, -0.15) is 0 Å². The number of carboxylic acid groups (broad SMARTS) is 1. The van der Waals surface area contributed by atoms with E-state index in [1.54, 1.807) is 12.4 Å². The van der Waals surface area contributed by atoms with Crippen molar-refractivity contribution >= 4 is 12.0 Å². The van der Waals surface area contributed by atoms with Crippen LogP contribution in [-0.2, 0) is 16.0 Å². The first kappa shape index (κ1) is 14.3. The molecule has 2 rings (SSSR count). The van der Waals surface area contributed by atoms with Crippen LogP contribution in [0.2, 0.25) is 0 Å². The number of aromatic nitrogens is 2. The van der Waals surface area contributed by atoms with E-state index in [9.17, 15) is 9.59 Å². The maximum Gasteiger partial charge on any atom is 0.315 e. The lowest BCUT2D eigenvalue weighted by Gasteiger charge is -2.16. The quantitative estimate of drug-likeness (QED) is 0.536. The lowest BCUT2D eigenvalue weighted by Crippen LogP contribution is -2.47. The van der Waals surface area contributed by atoms with Crippen molar-refractivity contribution in [3.8, 4) is 0 Å². The van der Waals surface area contributed by atoms with E-state index in [0.29, 0.717) is 6.54 Å². The molecular formula is C12H18N4O4. The minimum absolute atomic E-state index is 0.138. The third kappa shape index (κ3) is 3.95. The number of urea groups is 1. The molecule has 20 heavy (non-hydrogen) atoms. The van der Waals surface area contributed by atoms with Crippen LogP contribution in [0.15, 0.2) is 12.4 Å². The highest BCUT2D eigenvalue weighted by Gasteiger charge is 2.34. The number of carbonyl (C=O) groups is 2. The summed E-state index contributed by atoms with van der Waals surface area (Å²) in [6.07, 6.45) is 4.94. The van der Waals surface area contributed by atoms with Crippen LogP contribution in [0.25, 0.3) is 0 Å². The van der Waals surface area contributed by atoms with Crippen LogP contribution in [0.3, 0.4) is 0 Å². The number of H-pyrrole nitrogens is 1. The van der Waals surface area contributed by atoms with Gasteiger partial charge in [-0.15, -0.1) is 0 Å². The Bertz CT molecular complexity index is 448. The third-order valence-electron chi connectivity index (χ3n) is 3.14. The van der Waals surface area contributed by atoms with Gasteiger partial charge in [0.05, 0.1) is 19.3 Å². The van der Waals surface area contributed by atoms with Gasteiger partial charge in [-0.3, -0.25) is 4.79 Å². The molecule has 1 aliphatic rings. The lowest BCUT2D eigenvalue weighted by atomic mass is 10.0. The van der Waals surface area contributed by atoms with E-state index in [1.165, 1.54) is 0 Å². The van der Waals surface area contributed by atoms with E-state index in [4.69, 9.17) is 9.84 Å². The Hall–Kier alpha value is -2.09. The van der Waals surface area contributed by atoms with Crippen LogP contribution in [0.4, 0.5) is 4.79 Å². The maximum atomic E-state index is 11.6. The Morgan fingerprint density at radius 2 is 2.35 bits per heavy atom. The zero-order chi connectivity index (χ0) is 14.4. The van der Waals surface area contributed by atoms with Crippen LogP contribution in [0.5, 0.6) is 0 Å². The highest BCUT2D eigenvalue weighted by molar-refractivity contribution is 5.77. The molecule has 0 radical (unpaired) electrons. The largest absolute Gasteiger partial charge is 0.481 e. The summed E-state index contributed by atoms with van der Waals surface area (Å²) in [4.78, 5) is 29.6. The van der Waals surface area contributed by atoms with Crippen molar-refractivity contribution in [2.24, 2.45) is 5.92 Å². The molecule has 8 nitrogen and oxygen atoms in total. The average Bonchev–Trinajstić information content (AvgIpc) is 3.05. The molecule has 4 N–H and O–H groups in total. The maximum absolute atomic E-state index is 11.6. The fourth-order valence-corrected chi connectivity index (χ4v) is 2.05. The van der Waals surface area contributed by atoms with Gasteiger partial charge in [0.1, 0.15) is 11.7 Å². The second-order valence-corrected chi connectivity index (χ2v) is 4.63. The fourth-order valence-electron chi connectivity index (χ4n) is 2.05. The van der Waals surface area contributed by atoms with Crippen LogP contribution in [0, 0.1) is 5.92 Å². The molecule has 0 aliphatic carbocycles. The van der Waals surface area contributed by atoms with Gasteiger partial charge >= 0.3 is 12.0 Å². The number of rotatable bonds is 6. The molecule has 2 amide bonds. The molecule has 2 unspecified atom stereocenters. The zero-order valence-corrected chi connectivity index (χ0v) is 11.0. The topological polar surface area (TPSA) is 116 Å². The summed E-state index contributed by atoms with van der Waals surface area (Å²) in [6, 6.07) is -0.844. The molecule has 1 aromatic rings. The highest BCUT2D eigenvalue weighted by Crippen LogP contribution is 2.13. The number of aromatic amines is 1. The Morgan fingerprint density at radius 3 is 3.05 bits per heavy atom. The first-order valence-electron chi connectivity index (χ1n) is 6.50. The third-order valence-corrected chi connectivity index (χ3v) is 3.14. The summed E-state index contributed by atoms with van der Waals surface area (Å²) in [5, 5.41) is 14.3. The second-order valence-electron chi connectivity index (χ2n) is 4.63. The number of nitrogens with zero attached hydrogens (tertiary/aromatic N) is 1. The van der Waals surface area contributed by atoms with Gasteiger partial charge in [-0.1, -0.05) is 0 Å². The summed E-state index contributed by atoms with van der Waals surface area (Å²) < 4.78 is 5.07. The van der Waals surface area contributed by atoms with E-state index in [1.807, 2.05) is 0 Å². The first-order chi connectivity index (χ1) is 9.66. The molecule has 110 valence electrons. The van der Waals surface area contributed by atoms with E-state index in [2.05, 4.69) is 20.6 Å². The number of hydrogen-bond donors (Lipinski definition) is 4. The van der Waals surface area contributed by atoms with Gasteiger partial charge in [-0.05, 0) is 6.42 Å². The number of carboxylic acids is 1. The molecular weight excluding hydrogens is 264 g/mol. The van der Waals surface area contributed by atoms with Gasteiger partial charge in [0.2, 0.25) is 0 Å². The summed E-state index contributed by atoms with van der Waals surface area (Å²) in [7, 11) is 0. The number of ether oxygens (including phenoxy) is 1. The summed E-state index contributed by atoms with van der Waals surface area (Å²) in [5.74, 6) is -0.753. The minimum Gasteiger partial charge on any atom is -0.481 e. The van der Waals surface area contributed by atoms with Crippen molar-refractivity contribution in [2.45, 2.75) is 18.9 Å². The van der Waals surface area contributed by atoms with Gasteiger partial charge < -0.3 is 25.5 Å². The van der Waals surface area contributed by atoms with Gasteiger partial charge in [0.25, 0.3) is 0 Å². The highest BCUT2D eigenvalue weighted by atomic mass is 16.5. The minimum atomic E-state index is -0.953. The Labute approximate surface area is 115 Å². The molecule has 8 heteroatoms. The number of amides is 2. The molecule has 1 aliphatic heterocycles. The zero-order valence-electron chi connectivity index (χ0n) is 11.0. The first-order valence-corrected chi connectivity index (χ1v) is 6.50. The molecule has 0 bridgehead atoms. The SMILES string of the molecule is O=C(NCCCc1ncc[nH]1)NC1COCC1C(=O)O. The second kappa shape index (κ2) is 6.90. The molecule has 0 aromatic carbocycles. The summed E-state index contributed by atoms with van der Waals surface area (Å²) in [5.41, 5.74) is 0. The summed E-state index contributed by atoms with van der Waals surface area (Å²) >= 11 is 0. The van der Waals surface area contributed by atoms with Crippen molar-refractivity contribution in [1.82, 2.24) is 20.6 Å². The molecule has 2 heterocycles. The summed E-state index contributed by atoms with van der Waals surface area (Å²) in [6.45, 7) is 0.868. The predicted octanol–water partition coefficient (Wildman–Crippen LogP) is -0.259. The normalized spacial score (nSPS) is 21.6. The Balaban J connectivity index is 1.64. The van der Waals surface area contributed by atoms with Crippen molar-refractivity contribution < 1.29 is 19.4 Å². The van der Waals surface area contributed by atoms with E-state index >= 15 is 0 Å². The number of carbonyl (C=O) groups excluding carboxylic acids is 1. The molecule has 0 saturated carbocycles. The molecule has 1 saturated heterocycles. The van der Waals surface area contributed by atoms with E-state index in [-0.39, 0.29) is 19.2 Å². The van der Waals surface area contributed by atoms with E-state index < -0.39 is 17.9 Å². The number of nitrogens with one attached hydrogen (secondary N) is 3. The fraction of sp³-hybridized carbons (Fsp3) is 0.583. The van der Waals surface area contributed by atoms with Crippen molar-refractivity contribution in [1.29, 1.82) is 0 Å². The lowest BCUT2D eigenvalue weighted by molar-refractivity contribution is -0.142. The number of imidazole rings is 1. The molecule has 2 atom stereocenters. The van der Waals surface area contributed by atoms with Gasteiger partial charge in [0.15, 0.2) is 0 Å². The number of aryl methyl sites for hydroxylation is 1. The molecule has 1 aromatic heterocycles. The van der Waals surface area contributed by atoms with Crippen molar-refractivity contribution in [3.05, 3.63) is 18.2 Å².